The van der Waals surface area contributed by atoms with Crippen molar-refractivity contribution in [2.45, 2.75) is 6.92 Å². The molecule has 0 saturated heterocycles. The Morgan fingerprint density at radius 2 is 1.84 bits per heavy atom. The number of rotatable bonds is 6. The first-order chi connectivity index (χ1) is 14.7. The number of non-ortho nitro benzene ring substituents is 1. The Bertz CT molecular complexity index is 1120. The van der Waals surface area contributed by atoms with Crippen molar-refractivity contribution in [3.63, 3.8) is 0 Å². The van der Waals surface area contributed by atoms with Gasteiger partial charge in [0.05, 0.1) is 10.6 Å². The van der Waals surface area contributed by atoms with Crippen molar-refractivity contribution in [2.75, 3.05) is 41.6 Å². The van der Waals surface area contributed by atoms with Crippen LogP contribution in [0.3, 0.4) is 0 Å². The number of nitrogens with zero attached hydrogens (tertiary/aromatic N) is 5. The standard InChI is InChI=1S/C21H23N7O3/c1-14-8-9-17(28(30)31)11-18(14)25-21(29)27(4)20-12-19(22-13-23-20)24-15-6-5-7-16(10-15)26(2)3/h5-13H,1-4H3,(H,25,29)(H,22,23,24). The summed E-state index contributed by atoms with van der Waals surface area (Å²) in [6, 6.07) is 13.3. The van der Waals surface area contributed by atoms with Gasteiger partial charge in [-0.2, -0.15) is 0 Å². The minimum absolute atomic E-state index is 0.1000. The highest BCUT2D eigenvalue weighted by molar-refractivity contribution is 6.01. The summed E-state index contributed by atoms with van der Waals surface area (Å²) in [6.45, 7) is 1.76. The molecule has 0 radical (unpaired) electrons. The van der Waals surface area contributed by atoms with Crippen LogP contribution in [0.5, 0.6) is 0 Å². The fourth-order valence-corrected chi connectivity index (χ4v) is 2.77. The summed E-state index contributed by atoms with van der Waals surface area (Å²) in [6.07, 6.45) is 1.36. The summed E-state index contributed by atoms with van der Waals surface area (Å²) < 4.78 is 0. The van der Waals surface area contributed by atoms with Crippen LogP contribution in [0.15, 0.2) is 54.9 Å². The number of aromatic nitrogens is 2. The van der Waals surface area contributed by atoms with E-state index in [9.17, 15) is 14.9 Å². The highest BCUT2D eigenvalue weighted by atomic mass is 16.6. The number of hydrogen-bond donors (Lipinski definition) is 2. The molecule has 3 aromatic rings. The van der Waals surface area contributed by atoms with Gasteiger partial charge in [0, 0.05) is 50.7 Å². The van der Waals surface area contributed by atoms with Crippen molar-refractivity contribution < 1.29 is 9.72 Å². The summed E-state index contributed by atoms with van der Waals surface area (Å²) in [7, 11) is 5.47. The molecule has 0 aliphatic rings. The van der Waals surface area contributed by atoms with Crippen LogP contribution in [0.25, 0.3) is 0 Å². The molecule has 0 aliphatic heterocycles. The van der Waals surface area contributed by atoms with Crippen LogP contribution < -0.4 is 20.4 Å². The first kappa shape index (κ1) is 21.5. The molecule has 0 fully saturated rings. The Morgan fingerprint density at radius 3 is 2.55 bits per heavy atom. The lowest BCUT2D eigenvalue weighted by atomic mass is 10.2. The van der Waals surface area contributed by atoms with Crippen LogP contribution >= 0.6 is 0 Å². The van der Waals surface area contributed by atoms with E-state index in [0.717, 1.165) is 11.4 Å². The van der Waals surface area contributed by atoms with Crippen LogP contribution in [0.4, 0.5) is 39.2 Å². The second-order valence-electron chi connectivity index (χ2n) is 7.08. The van der Waals surface area contributed by atoms with Gasteiger partial charge >= 0.3 is 6.03 Å². The lowest BCUT2D eigenvalue weighted by molar-refractivity contribution is -0.384. The zero-order valence-corrected chi connectivity index (χ0v) is 17.7. The summed E-state index contributed by atoms with van der Waals surface area (Å²) in [5, 5.41) is 16.9. The zero-order valence-electron chi connectivity index (χ0n) is 17.7. The summed E-state index contributed by atoms with van der Waals surface area (Å²) in [5.74, 6) is 0.883. The van der Waals surface area contributed by atoms with Gasteiger partial charge < -0.3 is 15.5 Å². The van der Waals surface area contributed by atoms with Gasteiger partial charge in [0.15, 0.2) is 0 Å². The maximum Gasteiger partial charge on any atom is 0.327 e. The highest BCUT2D eigenvalue weighted by Gasteiger charge is 2.16. The summed E-state index contributed by atoms with van der Waals surface area (Å²) >= 11 is 0. The summed E-state index contributed by atoms with van der Waals surface area (Å²) in [4.78, 5) is 34.9. The van der Waals surface area contributed by atoms with Crippen molar-refractivity contribution in [3.8, 4) is 0 Å². The second-order valence-corrected chi connectivity index (χ2v) is 7.08. The van der Waals surface area contributed by atoms with Crippen LogP contribution in [0, 0.1) is 17.0 Å². The molecule has 3 rings (SSSR count). The molecule has 0 spiro atoms. The minimum atomic E-state index is -0.507. The van der Waals surface area contributed by atoms with E-state index in [4.69, 9.17) is 0 Å². The average molecular weight is 421 g/mol. The van der Waals surface area contributed by atoms with Crippen molar-refractivity contribution in [2.24, 2.45) is 0 Å². The molecule has 10 heteroatoms. The third kappa shape index (κ3) is 5.24. The second kappa shape index (κ2) is 9.08. The monoisotopic (exact) mass is 421 g/mol. The maximum absolute atomic E-state index is 12.7. The number of nitrogens with one attached hydrogen (secondary N) is 2. The minimum Gasteiger partial charge on any atom is -0.378 e. The van der Waals surface area contributed by atoms with Gasteiger partial charge in [0.1, 0.15) is 18.0 Å². The molecular formula is C21H23N7O3. The largest absolute Gasteiger partial charge is 0.378 e. The smallest absolute Gasteiger partial charge is 0.327 e. The topological polar surface area (TPSA) is 117 Å². The molecule has 10 nitrogen and oxygen atoms in total. The zero-order chi connectivity index (χ0) is 22.5. The fourth-order valence-electron chi connectivity index (χ4n) is 2.77. The molecular weight excluding hydrogens is 398 g/mol. The molecule has 0 bridgehead atoms. The molecule has 2 aromatic carbocycles. The van der Waals surface area contributed by atoms with Gasteiger partial charge in [-0.1, -0.05) is 12.1 Å². The number of carbonyl (C=O) groups excluding carboxylic acids is 1. The Kier molecular flexibility index (Phi) is 6.29. The van der Waals surface area contributed by atoms with Crippen LogP contribution in [0.1, 0.15) is 5.56 Å². The third-order valence-corrected chi connectivity index (χ3v) is 4.61. The fraction of sp³-hybridized carbons (Fsp3) is 0.190. The molecule has 2 amide bonds. The Balaban J connectivity index is 1.76. The van der Waals surface area contributed by atoms with E-state index in [1.54, 1.807) is 26.1 Å². The van der Waals surface area contributed by atoms with E-state index >= 15 is 0 Å². The molecule has 0 atom stereocenters. The molecule has 2 N–H and O–H groups in total. The van der Waals surface area contributed by atoms with E-state index < -0.39 is 11.0 Å². The van der Waals surface area contributed by atoms with Crippen LogP contribution in [0.2, 0.25) is 0 Å². The Morgan fingerprint density at radius 1 is 1.06 bits per heavy atom. The first-order valence-corrected chi connectivity index (χ1v) is 9.41. The van der Waals surface area contributed by atoms with E-state index in [2.05, 4.69) is 20.6 Å². The number of amides is 2. The number of urea groups is 1. The van der Waals surface area contributed by atoms with Crippen LogP contribution in [-0.2, 0) is 0 Å². The van der Waals surface area contributed by atoms with Crippen molar-refractivity contribution in [3.05, 3.63) is 70.5 Å². The SMILES string of the molecule is Cc1ccc([N+](=O)[O-])cc1NC(=O)N(C)c1cc(Nc2cccc(N(C)C)c2)ncn1. The number of carbonyl (C=O) groups is 1. The predicted molar refractivity (Wildman–Crippen MR) is 121 cm³/mol. The molecule has 0 aliphatic carbocycles. The van der Waals surface area contributed by atoms with E-state index in [1.165, 1.54) is 23.4 Å². The number of aryl methyl sites for hydroxylation is 1. The van der Waals surface area contributed by atoms with Crippen molar-refractivity contribution in [1.29, 1.82) is 0 Å². The lowest BCUT2D eigenvalue weighted by Gasteiger charge is -2.18. The Labute approximate surface area is 179 Å². The predicted octanol–water partition coefficient (Wildman–Crippen LogP) is 4.17. The lowest BCUT2D eigenvalue weighted by Crippen LogP contribution is -2.32. The highest BCUT2D eigenvalue weighted by Crippen LogP contribution is 2.24. The molecule has 160 valence electrons. The molecule has 0 saturated carbocycles. The first-order valence-electron chi connectivity index (χ1n) is 9.41. The molecule has 1 heterocycles. The maximum atomic E-state index is 12.7. The van der Waals surface area contributed by atoms with Crippen molar-refractivity contribution in [1.82, 2.24) is 9.97 Å². The van der Waals surface area contributed by atoms with Gasteiger partial charge in [-0.25, -0.2) is 14.8 Å². The van der Waals surface area contributed by atoms with E-state index in [0.29, 0.717) is 22.9 Å². The molecule has 0 unspecified atom stereocenters. The third-order valence-electron chi connectivity index (χ3n) is 4.61. The number of nitro benzene ring substituents is 1. The van der Waals surface area contributed by atoms with Gasteiger partial charge in [-0.05, 0) is 30.7 Å². The van der Waals surface area contributed by atoms with Gasteiger partial charge in [0.25, 0.3) is 5.69 Å². The number of hydrogen-bond acceptors (Lipinski definition) is 7. The normalized spacial score (nSPS) is 10.3. The Hall–Kier alpha value is -4.21. The van der Waals surface area contributed by atoms with Crippen LogP contribution in [-0.4, -0.2) is 42.1 Å². The number of nitro groups is 1. The molecule has 31 heavy (non-hydrogen) atoms. The number of benzene rings is 2. The van der Waals surface area contributed by atoms with Gasteiger partial charge in [-0.15, -0.1) is 0 Å². The van der Waals surface area contributed by atoms with E-state index in [1.807, 2.05) is 43.3 Å². The molecule has 1 aromatic heterocycles. The van der Waals surface area contributed by atoms with Gasteiger partial charge in [-0.3, -0.25) is 15.0 Å². The quantitative estimate of drug-likeness (QED) is 0.453. The van der Waals surface area contributed by atoms with Crippen molar-refractivity contribution >= 4 is 40.4 Å². The van der Waals surface area contributed by atoms with Gasteiger partial charge in [0.2, 0.25) is 0 Å². The summed E-state index contributed by atoms with van der Waals surface area (Å²) in [5.41, 5.74) is 2.84. The van der Waals surface area contributed by atoms with E-state index in [-0.39, 0.29) is 5.69 Å². The number of anilines is 5. The average Bonchev–Trinajstić information content (AvgIpc) is 2.74.